The van der Waals surface area contributed by atoms with E-state index in [9.17, 15) is 9.90 Å². The van der Waals surface area contributed by atoms with E-state index in [-0.39, 0.29) is 17.5 Å². The van der Waals surface area contributed by atoms with E-state index >= 15 is 0 Å². The van der Waals surface area contributed by atoms with Crippen LogP contribution in [0.5, 0.6) is 5.75 Å². The quantitative estimate of drug-likeness (QED) is 0.503. The Morgan fingerprint density at radius 2 is 2.09 bits per heavy atom. The van der Waals surface area contributed by atoms with E-state index in [4.69, 9.17) is 16.3 Å². The standard InChI is InChI=1S/C15H13ClN2O4/c1-21-18-13(15(19)20)11-6-3-2-5-10(11)9-22-12-7-4-8-17-14(12)16/h2-8H,9H2,1H3,(H,19,20)/b18-13+. The normalized spacial score (nSPS) is 11.1. The fourth-order valence-corrected chi connectivity index (χ4v) is 1.98. The maximum Gasteiger partial charge on any atom is 0.358 e. The van der Waals surface area contributed by atoms with E-state index in [0.717, 1.165) is 0 Å². The molecule has 0 aliphatic heterocycles. The first kappa shape index (κ1) is 15.8. The summed E-state index contributed by atoms with van der Waals surface area (Å²) in [5, 5.41) is 13.0. The van der Waals surface area contributed by atoms with Crippen molar-refractivity contribution in [3.63, 3.8) is 0 Å². The van der Waals surface area contributed by atoms with Crippen molar-refractivity contribution < 1.29 is 19.5 Å². The van der Waals surface area contributed by atoms with Crippen LogP contribution in [-0.4, -0.2) is 28.9 Å². The van der Waals surface area contributed by atoms with Crippen LogP contribution >= 0.6 is 11.6 Å². The lowest BCUT2D eigenvalue weighted by Crippen LogP contribution is -2.17. The molecular weight excluding hydrogens is 308 g/mol. The van der Waals surface area contributed by atoms with Gasteiger partial charge in [-0.15, -0.1) is 0 Å². The minimum absolute atomic E-state index is 0.123. The third kappa shape index (κ3) is 3.73. The summed E-state index contributed by atoms with van der Waals surface area (Å²) in [6.45, 7) is 0.123. The molecule has 6 nitrogen and oxygen atoms in total. The molecule has 0 aliphatic carbocycles. The van der Waals surface area contributed by atoms with Crippen molar-refractivity contribution in [3.8, 4) is 5.75 Å². The zero-order valence-corrected chi connectivity index (χ0v) is 12.4. The van der Waals surface area contributed by atoms with Crippen LogP contribution in [0.15, 0.2) is 47.8 Å². The number of oxime groups is 1. The Hall–Kier alpha value is -2.60. The highest BCUT2D eigenvalue weighted by Crippen LogP contribution is 2.22. The van der Waals surface area contributed by atoms with Gasteiger partial charge in [0.1, 0.15) is 13.7 Å². The number of aliphatic carboxylic acids is 1. The van der Waals surface area contributed by atoms with E-state index in [1.807, 2.05) is 0 Å². The van der Waals surface area contributed by atoms with Crippen molar-refractivity contribution in [2.45, 2.75) is 6.61 Å². The molecule has 0 spiro atoms. The second kappa shape index (κ2) is 7.42. The summed E-state index contributed by atoms with van der Waals surface area (Å²) in [7, 11) is 1.29. The second-order valence-corrected chi connectivity index (χ2v) is 4.52. The minimum Gasteiger partial charge on any atom is -0.486 e. The highest BCUT2D eigenvalue weighted by atomic mass is 35.5. The zero-order valence-electron chi connectivity index (χ0n) is 11.7. The number of pyridine rings is 1. The van der Waals surface area contributed by atoms with Crippen LogP contribution in [0, 0.1) is 0 Å². The number of carboxylic acids is 1. The SMILES string of the molecule is CO/N=C(/C(=O)O)c1ccccc1COc1cccnc1Cl. The minimum atomic E-state index is -1.19. The Kier molecular flexibility index (Phi) is 5.32. The number of carbonyl (C=O) groups is 1. The van der Waals surface area contributed by atoms with Crippen LogP contribution in [0.1, 0.15) is 11.1 Å². The fourth-order valence-electron chi connectivity index (χ4n) is 1.81. The third-order valence-corrected chi connectivity index (χ3v) is 3.05. The van der Waals surface area contributed by atoms with Crippen molar-refractivity contribution in [1.82, 2.24) is 4.98 Å². The number of halogens is 1. The molecule has 0 atom stereocenters. The van der Waals surface area contributed by atoms with Gasteiger partial charge in [-0.2, -0.15) is 0 Å². The molecule has 0 bridgehead atoms. The molecule has 0 unspecified atom stereocenters. The van der Waals surface area contributed by atoms with E-state index in [0.29, 0.717) is 16.9 Å². The molecule has 0 saturated carbocycles. The van der Waals surface area contributed by atoms with E-state index in [2.05, 4.69) is 15.0 Å². The topological polar surface area (TPSA) is 81.0 Å². The van der Waals surface area contributed by atoms with Gasteiger partial charge >= 0.3 is 5.97 Å². The highest BCUT2D eigenvalue weighted by molar-refractivity contribution is 6.42. The van der Waals surface area contributed by atoms with Crippen LogP contribution in [0.25, 0.3) is 0 Å². The summed E-state index contributed by atoms with van der Waals surface area (Å²) in [4.78, 5) is 19.8. The van der Waals surface area contributed by atoms with Crippen LogP contribution in [0.4, 0.5) is 0 Å². The molecule has 0 saturated heterocycles. The summed E-state index contributed by atoms with van der Waals surface area (Å²) < 4.78 is 5.59. The number of hydrogen-bond donors (Lipinski definition) is 1. The van der Waals surface area contributed by atoms with Crippen LogP contribution in [0.3, 0.4) is 0 Å². The molecule has 0 amide bonds. The molecule has 22 heavy (non-hydrogen) atoms. The van der Waals surface area contributed by atoms with Crippen LogP contribution < -0.4 is 4.74 Å². The average molecular weight is 321 g/mol. The average Bonchev–Trinajstić information content (AvgIpc) is 2.52. The molecule has 0 fully saturated rings. The molecule has 2 aromatic rings. The molecule has 1 aromatic carbocycles. The van der Waals surface area contributed by atoms with E-state index in [1.165, 1.54) is 7.11 Å². The summed E-state index contributed by atoms with van der Waals surface area (Å²) in [6, 6.07) is 10.2. The van der Waals surface area contributed by atoms with Crippen LogP contribution in [0.2, 0.25) is 5.15 Å². The van der Waals surface area contributed by atoms with Gasteiger partial charge in [-0.3, -0.25) is 0 Å². The first-order valence-electron chi connectivity index (χ1n) is 6.29. The second-order valence-electron chi connectivity index (χ2n) is 4.17. The Morgan fingerprint density at radius 1 is 1.32 bits per heavy atom. The predicted octanol–water partition coefficient (Wildman–Crippen LogP) is 2.75. The largest absolute Gasteiger partial charge is 0.486 e. The Balaban J connectivity index is 2.27. The lowest BCUT2D eigenvalue weighted by molar-refractivity contribution is -0.129. The van der Waals surface area contributed by atoms with Crippen molar-refractivity contribution in [3.05, 3.63) is 58.9 Å². The van der Waals surface area contributed by atoms with Crippen LogP contribution in [-0.2, 0) is 16.2 Å². The maximum atomic E-state index is 11.3. The first-order chi connectivity index (χ1) is 10.6. The first-order valence-corrected chi connectivity index (χ1v) is 6.67. The van der Waals surface area contributed by atoms with Gasteiger partial charge in [0, 0.05) is 11.8 Å². The number of benzene rings is 1. The van der Waals surface area contributed by atoms with Crippen molar-refractivity contribution in [2.24, 2.45) is 5.16 Å². The van der Waals surface area contributed by atoms with Gasteiger partial charge in [0.2, 0.25) is 0 Å². The summed E-state index contributed by atoms with van der Waals surface area (Å²) in [6.07, 6.45) is 1.55. The molecule has 1 heterocycles. The number of aromatic nitrogens is 1. The lowest BCUT2D eigenvalue weighted by Gasteiger charge is -2.11. The summed E-state index contributed by atoms with van der Waals surface area (Å²) in [5.74, 6) is -0.770. The number of rotatable bonds is 6. The van der Waals surface area contributed by atoms with Gasteiger partial charge in [0.25, 0.3) is 0 Å². The van der Waals surface area contributed by atoms with Crippen molar-refractivity contribution in [2.75, 3.05) is 7.11 Å². The molecule has 0 aliphatic rings. The molecule has 114 valence electrons. The molecule has 2 rings (SSSR count). The van der Waals surface area contributed by atoms with Gasteiger partial charge in [0.15, 0.2) is 16.6 Å². The number of nitrogens with zero attached hydrogens (tertiary/aromatic N) is 2. The third-order valence-electron chi connectivity index (χ3n) is 2.77. The number of carboxylic acid groups (broad SMARTS) is 1. The highest BCUT2D eigenvalue weighted by Gasteiger charge is 2.17. The Morgan fingerprint density at radius 3 is 2.77 bits per heavy atom. The van der Waals surface area contributed by atoms with Crippen molar-refractivity contribution in [1.29, 1.82) is 0 Å². The Bertz CT molecular complexity index is 703. The zero-order chi connectivity index (χ0) is 15.9. The molecular formula is C15H13ClN2O4. The van der Waals surface area contributed by atoms with E-state index < -0.39 is 5.97 Å². The van der Waals surface area contributed by atoms with Gasteiger partial charge in [-0.1, -0.05) is 41.0 Å². The van der Waals surface area contributed by atoms with Gasteiger partial charge in [-0.05, 0) is 17.7 Å². The van der Waals surface area contributed by atoms with Crippen molar-refractivity contribution >= 4 is 23.3 Å². The predicted molar refractivity (Wildman–Crippen MR) is 81.2 cm³/mol. The molecule has 1 aromatic heterocycles. The number of ether oxygens (including phenoxy) is 1. The van der Waals surface area contributed by atoms with E-state index in [1.54, 1.807) is 42.6 Å². The lowest BCUT2D eigenvalue weighted by atomic mass is 10.0. The van der Waals surface area contributed by atoms with Gasteiger partial charge in [-0.25, -0.2) is 9.78 Å². The van der Waals surface area contributed by atoms with Gasteiger partial charge < -0.3 is 14.7 Å². The monoisotopic (exact) mass is 320 g/mol. The molecule has 0 radical (unpaired) electrons. The molecule has 7 heteroatoms. The van der Waals surface area contributed by atoms with Gasteiger partial charge in [0.05, 0.1) is 0 Å². The fraction of sp³-hybridized carbons (Fsp3) is 0.133. The maximum absolute atomic E-state index is 11.3. The molecule has 1 N–H and O–H groups in total. The Labute approximate surface area is 132 Å². The summed E-state index contributed by atoms with van der Waals surface area (Å²) in [5.41, 5.74) is 0.858. The smallest absolute Gasteiger partial charge is 0.358 e. The summed E-state index contributed by atoms with van der Waals surface area (Å²) >= 11 is 5.92. The number of hydrogen-bond acceptors (Lipinski definition) is 5.